The van der Waals surface area contributed by atoms with Gasteiger partial charge in [0.05, 0.1) is 0 Å². The second-order valence-electron chi connectivity index (χ2n) is 7.67. The highest BCUT2D eigenvalue weighted by molar-refractivity contribution is 7.09. The van der Waals surface area contributed by atoms with Crippen LogP contribution in [0.15, 0.2) is 46.8 Å². The number of rotatable bonds is 4. The number of hydrogen-bond donors (Lipinski definition) is 1. The summed E-state index contributed by atoms with van der Waals surface area (Å²) in [6.45, 7) is 6.59. The molecule has 1 aromatic carbocycles. The number of hydrogen-bond acceptors (Lipinski definition) is 3. The van der Waals surface area contributed by atoms with E-state index in [1.807, 2.05) is 18.4 Å². The van der Waals surface area contributed by atoms with E-state index >= 15 is 0 Å². The number of thiophene rings is 1. The molecular weight excluding hydrogens is 352 g/mol. The van der Waals surface area contributed by atoms with E-state index in [1.54, 1.807) is 0 Å². The van der Waals surface area contributed by atoms with E-state index in [2.05, 4.69) is 61.9 Å². The van der Waals surface area contributed by atoms with E-state index in [1.165, 1.54) is 41.9 Å². The van der Waals surface area contributed by atoms with Crippen LogP contribution >= 0.6 is 11.3 Å². The van der Waals surface area contributed by atoms with Gasteiger partial charge in [0, 0.05) is 38.1 Å². The van der Waals surface area contributed by atoms with E-state index in [0.717, 1.165) is 44.5 Å². The lowest BCUT2D eigenvalue weighted by Crippen LogP contribution is -2.46. The Bertz CT molecular complexity index is 747. The maximum Gasteiger partial charge on any atom is 0.193 e. The van der Waals surface area contributed by atoms with Crippen molar-refractivity contribution in [2.75, 3.05) is 33.2 Å². The summed E-state index contributed by atoms with van der Waals surface area (Å²) in [7, 11) is 1.91. The predicted molar refractivity (Wildman–Crippen MR) is 114 cm³/mol. The average Bonchev–Trinajstić information content (AvgIpc) is 3.22. The van der Waals surface area contributed by atoms with Gasteiger partial charge in [0.1, 0.15) is 0 Å². The van der Waals surface area contributed by atoms with Gasteiger partial charge in [-0.1, -0.05) is 30.3 Å². The summed E-state index contributed by atoms with van der Waals surface area (Å²) in [6.07, 6.45) is 3.66. The topological polar surface area (TPSA) is 30.9 Å². The molecule has 27 heavy (non-hydrogen) atoms. The van der Waals surface area contributed by atoms with Crippen LogP contribution in [0, 0.1) is 5.92 Å². The van der Waals surface area contributed by atoms with Gasteiger partial charge >= 0.3 is 0 Å². The van der Waals surface area contributed by atoms with Crippen molar-refractivity contribution in [2.45, 2.75) is 32.4 Å². The van der Waals surface area contributed by atoms with Crippen molar-refractivity contribution in [3.8, 4) is 0 Å². The summed E-state index contributed by atoms with van der Waals surface area (Å²) in [6, 6.07) is 13.2. The van der Waals surface area contributed by atoms with Crippen LogP contribution in [0.4, 0.5) is 0 Å². The van der Waals surface area contributed by atoms with Crippen LogP contribution in [0.5, 0.6) is 0 Å². The normalized spacial score (nSPS) is 19.1. The molecule has 0 bridgehead atoms. The number of aliphatic imine (C=N–C) groups is 1. The minimum Gasteiger partial charge on any atom is -0.356 e. The summed E-state index contributed by atoms with van der Waals surface area (Å²) in [5, 5.41) is 5.84. The van der Waals surface area contributed by atoms with Crippen LogP contribution in [0.3, 0.4) is 0 Å². The Morgan fingerprint density at radius 3 is 2.67 bits per heavy atom. The van der Waals surface area contributed by atoms with Gasteiger partial charge in [0.2, 0.25) is 0 Å². The molecule has 4 rings (SSSR count). The highest BCUT2D eigenvalue weighted by atomic mass is 32.1. The summed E-state index contributed by atoms with van der Waals surface area (Å²) < 4.78 is 0. The molecule has 0 amide bonds. The van der Waals surface area contributed by atoms with Crippen LogP contribution in [0.2, 0.25) is 0 Å². The lowest BCUT2D eigenvalue weighted by Gasteiger charge is -2.34. The monoisotopic (exact) mass is 382 g/mol. The van der Waals surface area contributed by atoms with Gasteiger partial charge < -0.3 is 10.2 Å². The molecule has 4 nitrogen and oxygen atoms in total. The number of likely N-dealkylation sites (tertiary alicyclic amines) is 1. The van der Waals surface area contributed by atoms with Crippen molar-refractivity contribution in [3.05, 3.63) is 57.8 Å². The quantitative estimate of drug-likeness (QED) is 0.648. The molecule has 0 unspecified atom stereocenters. The standard InChI is InChI=1S/C22H30N4S/c1-23-22(26-13-10-19-5-2-3-6-20(19)16-26)24-15-18-8-11-25(12-9-18)17-21-7-4-14-27-21/h2-7,14,18H,8-13,15-17H2,1H3,(H,23,24). The van der Waals surface area contributed by atoms with Crippen molar-refractivity contribution in [2.24, 2.45) is 10.9 Å². The van der Waals surface area contributed by atoms with Crippen molar-refractivity contribution in [1.82, 2.24) is 15.1 Å². The SMILES string of the molecule is CN=C(NCC1CCN(Cc2cccs2)CC1)N1CCc2ccccc2C1. The molecular formula is C22H30N4S. The Morgan fingerprint density at radius 2 is 1.93 bits per heavy atom. The van der Waals surface area contributed by atoms with Gasteiger partial charge in [0.15, 0.2) is 5.96 Å². The molecule has 0 spiro atoms. The number of nitrogens with zero attached hydrogens (tertiary/aromatic N) is 3. The van der Waals surface area contributed by atoms with Gasteiger partial charge in [-0.3, -0.25) is 9.89 Å². The summed E-state index contributed by atoms with van der Waals surface area (Å²) in [5.74, 6) is 1.81. The molecule has 3 heterocycles. The molecule has 2 aromatic rings. The van der Waals surface area contributed by atoms with Gasteiger partial charge in [-0.25, -0.2) is 0 Å². The molecule has 1 saturated heterocycles. The first-order valence-corrected chi connectivity index (χ1v) is 11.0. The van der Waals surface area contributed by atoms with Crippen LogP contribution in [-0.2, 0) is 19.5 Å². The fourth-order valence-corrected chi connectivity index (χ4v) is 4.96. The van der Waals surface area contributed by atoms with E-state index in [9.17, 15) is 0 Å². The molecule has 0 atom stereocenters. The molecule has 0 aliphatic carbocycles. The summed E-state index contributed by atoms with van der Waals surface area (Å²) >= 11 is 1.87. The van der Waals surface area contributed by atoms with Gasteiger partial charge in [-0.05, 0) is 60.8 Å². The first kappa shape index (κ1) is 18.5. The molecule has 5 heteroatoms. The maximum absolute atomic E-state index is 4.56. The first-order valence-electron chi connectivity index (χ1n) is 10.1. The molecule has 2 aliphatic rings. The van der Waals surface area contributed by atoms with E-state index in [-0.39, 0.29) is 0 Å². The molecule has 144 valence electrons. The molecule has 1 aromatic heterocycles. The molecule has 1 N–H and O–H groups in total. The molecule has 0 radical (unpaired) electrons. The molecule has 1 fully saturated rings. The third kappa shape index (κ3) is 4.71. The van der Waals surface area contributed by atoms with Gasteiger partial charge in [-0.2, -0.15) is 0 Å². The summed E-state index contributed by atoms with van der Waals surface area (Å²) in [5.41, 5.74) is 2.93. The van der Waals surface area contributed by atoms with Gasteiger partial charge in [0.25, 0.3) is 0 Å². The van der Waals surface area contributed by atoms with Crippen LogP contribution in [0.25, 0.3) is 0 Å². The zero-order valence-corrected chi connectivity index (χ0v) is 17.0. The minimum absolute atomic E-state index is 0.749. The fraction of sp³-hybridized carbons (Fsp3) is 0.500. The number of benzene rings is 1. The Morgan fingerprint density at radius 1 is 1.11 bits per heavy atom. The average molecular weight is 383 g/mol. The van der Waals surface area contributed by atoms with E-state index in [0.29, 0.717) is 0 Å². The fourth-order valence-electron chi connectivity index (χ4n) is 4.22. The van der Waals surface area contributed by atoms with E-state index in [4.69, 9.17) is 0 Å². The smallest absolute Gasteiger partial charge is 0.193 e. The number of nitrogens with one attached hydrogen (secondary N) is 1. The van der Waals surface area contributed by atoms with Crippen molar-refractivity contribution >= 4 is 17.3 Å². The lowest BCUT2D eigenvalue weighted by atomic mass is 9.96. The largest absolute Gasteiger partial charge is 0.356 e. The number of piperidine rings is 1. The highest BCUT2D eigenvalue weighted by Gasteiger charge is 2.22. The predicted octanol–water partition coefficient (Wildman–Crippen LogP) is 3.59. The highest BCUT2D eigenvalue weighted by Crippen LogP contribution is 2.21. The van der Waals surface area contributed by atoms with Crippen LogP contribution < -0.4 is 5.32 Å². The van der Waals surface area contributed by atoms with Crippen LogP contribution in [-0.4, -0.2) is 49.0 Å². The summed E-state index contributed by atoms with van der Waals surface area (Å²) in [4.78, 5) is 11.0. The second-order valence-corrected chi connectivity index (χ2v) is 8.70. The van der Waals surface area contributed by atoms with Crippen LogP contribution in [0.1, 0.15) is 28.8 Å². The first-order chi connectivity index (χ1) is 13.3. The Labute approximate surface area is 166 Å². The number of fused-ring (bicyclic) bond motifs is 1. The third-order valence-electron chi connectivity index (χ3n) is 5.86. The third-order valence-corrected chi connectivity index (χ3v) is 6.72. The Balaban J connectivity index is 1.24. The van der Waals surface area contributed by atoms with E-state index < -0.39 is 0 Å². The van der Waals surface area contributed by atoms with Gasteiger partial charge in [-0.15, -0.1) is 11.3 Å². The number of guanidine groups is 1. The zero-order chi connectivity index (χ0) is 18.5. The minimum atomic E-state index is 0.749. The Hall–Kier alpha value is -1.85. The maximum atomic E-state index is 4.56. The zero-order valence-electron chi connectivity index (χ0n) is 16.2. The second kappa shape index (κ2) is 8.89. The Kier molecular flexibility index (Phi) is 6.10. The van der Waals surface area contributed by atoms with Crippen molar-refractivity contribution in [1.29, 1.82) is 0 Å². The lowest BCUT2D eigenvalue weighted by molar-refractivity contribution is 0.178. The molecule has 0 saturated carbocycles. The molecule has 2 aliphatic heterocycles. The van der Waals surface area contributed by atoms with Crippen molar-refractivity contribution < 1.29 is 0 Å². The van der Waals surface area contributed by atoms with Crippen molar-refractivity contribution in [3.63, 3.8) is 0 Å².